The van der Waals surface area contributed by atoms with Gasteiger partial charge in [0.15, 0.2) is 0 Å². The molecule has 5 nitrogen and oxygen atoms in total. The fourth-order valence-electron chi connectivity index (χ4n) is 1.29. The van der Waals surface area contributed by atoms with Crippen LogP contribution in [-0.4, -0.2) is 30.3 Å². The lowest BCUT2D eigenvalue weighted by molar-refractivity contribution is -0.137. The molecule has 0 aliphatic carbocycles. The molecule has 0 saturated carbocycles. The van der Waals surface area contributed by atoms with Gasteiger partial charge in [-0.2, -0.15) is 8.42 Å². The molecule has 0 aliphatic rings. The number of rotatable bonds is 7. The molecule has 0 aliphatic heterocycles. The lowest BCUT2D eigenvalue weighted by Crippen LogP contribution is -2.34. The molecule has 1 atom stereocenters. The Balaban J connectivity index is 4.15. The van der Waals surface area contributed by atoms with Gasteiger partial charge in [0.25, 0.3) is 10.1 Å². The molecule has 0 fully saturated rings. The van der Waals surface area contributed by atoms with E-state index >= 15 is 0 Å². The van der Waals surface area contributed by atoms with Crippen molar-refractivity contribution in [2.45, 2.75) is 44.8 Å². The molecular formula is C11H20O5S. The number of ether oxygens (including phenoxy) is 1. The highest BCUT2D eigenvalue weighted by Crippen LogP contribution is 2.25. The summed E-state index contributed by atoms with van der Waals surface area (Å²) in [5, 5.41) is 0. The average molecular weight is 264 g/mol. The first-order valence-electron chi connectivity index (χ1n) is 5.53. The van der Waals surface area contributed by atoms with Gasteiger partial charge in [-0.1, -0.05) is 13.0 Å². The fraction of sp³-hybridized carbons (Fsp3) is 0.727. The number of hydrogen-bond acceptors (Lipinski definition) is 4. The molecule has 0 aromatic rings. The van der Waals surface area contributed by atoms with Crippen molar-refractivity contribution < 1.29 is 22.5 Å². The van der Waals surface area contributed by atoms with Crippen LogP contribution >= 0.6 is 0 Å². The second kappa shape index (κ2) is 6.76. The molecule has 100 valence electrons. The highest BCUT2D eigenvalue weighted by molar-refractivity contribution is 7.87. The molecule has 0 rings (SSSR count). The van der Waals surface area contributed by atoms with Crippen molar-refractivity contribution in [2.75, 3.05) is 6.61 Å². The zero-order valence-electron chi connectivity index (χ0n) is 10.5. The number of carbonyl (C=O) groups is 1. The number of hydrogen-bond donors (Lipinski definition) is 1. The molecular weight excluding hydrogens is 244 g/mol. The van der Waals surface area contributed by atoms with Gasteiger partial charge in [0.1, 0.15) is 0 Å². The predicted octanol–water partition coefficient (Wildman–Crippen LogP) is 1.94. The molecule has 0 spiro atoms. The van der Waals surface area contributed by atoms with E-state index in [1.165, 1.54) is 13.0 Å². The van der Waals surface area contributed by atoms with Crippen molar-refractivity contribution in [2.24, 2.45) is 0 Å². The summed E-state index contributed by atoms with van der Waals surface area (Å²) < 4.78 is 35.1. The Hall–Kier alpha value is -0.880. The fourth-order valence-corrected chi connectivity index (χ4v) is 2.06. The highest BCUT2D eigenvalue weighted by atomic mass is 32.2. The zero-order valence-corrected chi connectivity index (χ0v) is 11.3. The Labute approximate surface area is 103 Å². The van der Waals surface area contributed by atoms with Crippen LogP contribution in [0.3, 0.4) is 0 Å². The Bertz CT molecular complexity index is 371. The Kier molecular flexibility index (Phi) is 6.41. The van der Waals surface area contributed by atoms with Crippen LogP contribution in [0.25, 0.3) is 0 Å². The van der Waals surface area contributed by atoms with Crippen molar-refractivity contribution in [3.05, 3.63) is 12.2 Å². The summed E-state index contributed by atoms with van der Waals surface area (Å²) in [5.41, 5.74) is 0. The van der Waals surface area contributed by atoms with Gasteiger partial charge in [-0.05, 0) is 33.1 Å². The maximum Gasteiger partial charge on any atom is 0.330 e. The maximum absolute atomic E-state index is 11.2. The molecule has 0 saturated heterocycles. The van der Waals surface area contributed by atoms with Crippen LogP contribution in [0.4, 0.5) is 0 Å². The van der Waals surface area contributed by atoms with Crippen molar-refractivity contribution in [3.8, 4) is 0 Å². The van der Waals surface area contributed by atoms with Crippen LogP contribution < -0.4 is 0 Å². The predicted molar refractivity (Wildman–Crippen MR) is 65.3 cm³/mol. The quantitative estimate of drug-likeness (QED) is 0.329. The molecule has 0 amide bonds. The monoisotopic (exact) mass is 264 g/mol. The van der Waals surface area contributed by atoms with Crippen LogP contribution in [-0.2, 0) is 19.6 Å². The number of carbonyl (C=O) groups excluding carboxylic acids is 1. The standard InChI is InChI=1S/C11H20O5S/c1-4-7-10(12)16-9-6-8-11(3,5-2)17(13,14)15/h4,7H,5-6,8-9H2,1-3H3,(H,13,14,15). The van der Waals surface area contributed by atoms with E-state index in [0.29, 0.717) is 12.8 Å². The summed E-state index contributed by atoms with van der Waals surface area (Å²) in [6.45, 7) is 5.03. The van der Waals surface area contributed by atoms with Crippen molar-refractivity contribution in [1.29, 1.82) is 0 Å². The van der Waals surface area contributed by atoms with Crippen LogP contribution in [0.1, 0.15) is 40.0 Å². The molecule has 0 radical (unpaired) electrons. The molecule has 0 bridgehead atoms. The molecule has 0 aromatic carbocycles. The van der Waals surface area contributed by atoms with E-state index in [1.54, 1.807) is 19.9 Å². The van der Waals surface area contributed by atoms with E-state index in [4.69, 9.17) is 9.29 Å². The van der Waals surface area contributed by atoms with E-state index in [1.807, 2.05) is 0 Å². The van der Waals surface area contributed by atoms with Crippen LogP contribution in [0, 0.1) is 0 Å². The molecule has 1 N–H and O–H groups in total. The molecule has 6 heteroatoms. The molecule has 0 aromatic heterocycles. The highest BCUT2D eigenvalue weighted by Gasteiger charge is 2.35. The SMILES string of the molecule is CC=CC(=O)OCCCC(C)(CC)S(=O)(=O)O. The summed E-state index contributed by atoms with van der Waals surface area (Å²) in [7, 11) is -4.08. The Morgan fingerprint density at radius 1 is 1.47 bits per heavy atom. The van der Waals surface area contributed by atoms with Gasteiger partial charge in [-0.15, -0.1) is 0 Å². The van der Waals surface area contributed by atoms with E-state index < -0.39 is 20.8 Å². The summed E-state index contributed by atoms with van der Waals surface area (Å²) >= 11 is 0. The molecule has 1 unspecified atom stereocenters. The van der Waals surface area contributed by atoms with Crippen molar-refractivity contribution >= 4 is 16.1 Å². The Morgan fingerprint density at radius 3 is 2.47 bits per heavy atom. The topological polar surface area (TPSA) is 80.7 Å². The van der Waals surface area contributed by atoms with Gasteiger partial charge >= 0.3 is 5.97 Å². The summed E-state index contributed by atoms with van der Waals surface area (Å²) in [6, 6.07) is 0. The largest absolute Gasteiger partial charge is 0.463 e. The van der Waals surface area contributed by atoms with E-state index in [2.05, 4.69) is 0 Å². The van der Waals surface area contributed by atoms with E-state index in [-0.39, 0.29) is 13.0 Å². The van der Waals surface area contributed by atoms with Gasteiger partial charge in [0.2, 0.25) is 0 Å². The minimum Gasteiger partial charge on any atom is -0.463 e. The normalized spacial score (nSPS) is 15.8. The third-order valence-corrected chi connectivity index (χ3v) is 4.51. The first-order valence-corrected chi connectivity index (χ1v) is 6.97. The van der Waals surface area contributed by atoms with Crippen LogP contribution in [0.15, 0.2) is 12.2 Å². The number of esters is 1. The number of allylic oxidation sites excluding steroid dienone is 1. The summed E-state index contributed by atoms with van der Waals surface area (Å²) in [6.07, 6.45) is 3.83. The van der Waals surface area contributed by atoms with Crippen LogP contribution in [0.5, 0.6) is 0 Å². The van der Waals surface area contributed by atoms with Crippen molar-refractivity contribution in [1.82, 2.24) is 0 Å². The third-order valence-electron chi connectivity index (χ3n) is 2.77. The summed E-state index contributed by atoms with van der Waals surface area (Å²) in [4.78, 5) is 11.0. The lowest BCUT2D eigenvalue weighted by atomic mass is 10.0. The maximum atomic E-state index is 11.2. The smallest absolute Gasteiger partial charge is 0.330 e. The first kappa shape index (κ1) is 16.1. The van der Waals surface area contributed by atoms with Crippen molar-refractivity contribution in [3.63, 3.8) is 0 Å². The van der Waals surface area contributed by atoms with Gasteiger partial charge in [0, 0.05) is 6.08 Å². The minimum absolute atomic E-state index is 0.147. The van der Waals surface area contributed by atoms with E-state index in [0.717, 1.165) is 0 Å². The second-order valence-electron chi connectivity index (χ2n) is 4.05. The summed E-state index contributed by atoms with van der Waals surface area (Å²) in [5.74, 6) is -0.447. The molecule has 17 heavy (non-hydrogen) atoms. The van der Waals surface area contributed by atoms with Gasteiger partial charge in [-0.3, -0.25) is 4.55 Å². The van der Waals surface area contributed by atoms with Crippen LogP contribution in [0.2, 0.25) is 0 Å². The van der Waals surface area contributed by atoms with Gasteiger partial charge in [-0.25, -0.2) is 4.79 Å². The van der Waals surface area contributed by atoms with E-state index in [9.17, 15) is 13.2 Å². The second-order valence-corrected chi connectivity index (χ2v) is 5.99. The van der Waals surface area contributed by atoms with Gasteiger partial charge in [0.05, 0.1) is 11.4 Å². The van der Waals surface area contributed by atoms with Gasteiger partial charge < -0.3 is 4.74 Å². The lowest BCUT2D eigenvalue weighted by Gasteiger charge is -2.24. The first-order chi connectivity index (χ1) is 7.77. The molecule has 0 heterocycles. The zero-order chi connectivity index (χ0) is 13.5. The third kappa shape index (κ3) is 5.32. The Morgan fingerprint density at radius 2 is 2.06 bits per heavy atom. The average Bonchev–Trinajstić information content (AvgIpc) is 2.23. The minimum atomic E-state index is -4.08.